The third-order valence-electron chi connectivity index (χ3n) is 6.13. The highest BCUT2D eigenvalue weighted by atomic mass is 35.5. The SMILES string of the molecule is CC(C)=C1[C@H]2CC[C@H]1[C@H](C(=O)NNC(=O)[C@@H](C)Oc1ccc(Cl)cc1C)[C@H]2C(=O)O. The largest absolute Gasteiger partial charge is 0.481 e. The fraction of sp³-hybridized carbons (Fsp3) is 0.500. The van der Waals surface area contributed by atoms with Crippen molar-refractivity contribution < 1.29 is 24.2 Å². The number of ether oxygens (including phenoxy) is 1. The van der Waals surface area contributed by atoms with E-state index in [-0.39, 0.29) is 11.8 Å². The smallest absolute Gasteiger partial charge is 0.307 e. The van der Waals surface area contributed by atoms with Gasteiger partial charge in [-0.25, -0.2) is 0 Å². The molecule has 2 aliphatic rings. The molecular weight excluding hydrogens is 408 g/mol. The monoisotopic (exact) mass is 434 g/mol. The average molecular weight is 435 g/mol. The number of rotatable bonds is 5. The van der Waals surface area contributed by atoms with Crippen molar-refractivity contribution in [3.8, 4) is 5.75 Å². The maximum Gasteiger partial charge on any atom is 0.307 e. The number of fused-ring (bicyclic) bond motifs is 2. The van der Waals surface area contributed by atoms with E-state index in [1.54, 1.807) is 25.1 Å². The Kier molecular flexibility index (Phi) is 6.41. The summed E-state index contributed by atoms with van der Waals surface area (Å²) in [6.45, 7) is 7.29. The van der Waals surface area contributed by atoms with E-state index in [0.29, 0.717) is 10.8 Å². The Balaban J connectivity index is 1.64. The number of allylic oxidation sites excluding steroid dienone is 2. The molecule has 0 unspecified atom stereocenters. The molecule has 7 nitrogen and oxygen atoms in total. The molecular formula is C22H27ClN2O5. The second-order valence-electron chi connectivity index (χ2n) is 8.28. The third kappa shape index (κ3) is 4.17. The van der Waals surface area contributed by atoms with Crippen LogP contribution in [0.4, 0.5) is 0 Å². The number of carbonyl (C=O) groups is 3. The number of aliphatic carboxylic acids is 1. The van der Waals surface area contributed by atoms with Crippen LogP contribution in [0.15, 0.2) is 29.3 Å². The number of aryl methyl sites for hydroxylation is 1. The summed E-state index contributed by atoms with van der Waals surface area (Å²) < 4.78 is 5.65. The second-order valence-corrected chi connectivity index (χ2v) is 8.72. The molecule has 30 heavy (non-hydrogen) atoms. The first-order valence-electron chi connectivity index (χ1n) is 10.0. The molecule has 2 aliphatic carbocycles. The molecule has 0 heterocycles. The number of hydrogen-bond donors (Lipinski definition) is 3. The van der Waals surface area contributed by atoms with Gasteiger partial charge in [-0.2, -0.15) is 0 Å². The lowest BCUT2D eigenvalue weighted by molar-refractivity contribution is -0.150. The molecule has 3 rings (SSSR count). The zero-order valence-electron chi connectivity index (χ0n) is 17.5. The van der Waals surface area contributed by atoms with Gasteiger partial charge in [-0.1, -0.05) is 22.7 Å². The van der Waals surface area contributed by atoms with Crippen molar-refractivity contribution >= 4 is 29.4 Å². The van der Waals surface area contributed by atoms with Gasteiger partial charge in [0.05, 0.1) is 11.8 Å². The summed E-state index contributed by atoms with van der Waals surface area (Å²) in [5.74, 6) is -3.13. The van der Waals surface area contributed by atoms with Crippen molar-refractivity contribution in [3.63, 3.8) is 0 Å². The maximum atomic E-state index is 12.8. The van der Waals surface area contributed by atoms with E-state index in [1.165, 1.54) is 0 Å². The molecule has 2 fully saturated rings. The van der Waals surface area contributed by atoms with Crippen LogP contribution in [-0.4, -0.2) is 29.0 Å². The highest BCUT2D eigenvalue weighted by Gasteiger charge is 2.57. The molecule has 0 saturated heterocycles. The minimum atomic E-state index is -0.970. The van der Waals surface area contributed by atoms with Gasteiger partial charge in [-0.15, -0.1) is 0 Å². The van der Waals surface area contributed by atoms with E-state index in [1.807, 2.05) is 20.8 Å². The Morgan fingerprint density at radius 3 is 2.33 bits per heavy atom. The zero-order chi connectivity index (χ0) is 22.2. The number of hydrazine groups is 1. The molecule has 0 aromatic heterocycles. The van der Waals surface area contributed by atoms with Crippen LogP contribution in [0.1, 0.15) is 39.2 Å². The van der Waals surface area contributed by atoms with E-state index < -0.39 is 35.7 Å². The summed E-state index contributed by atoms with van der Waals surface area (Å²) in [5, 5.41) is 10.3. The predicted octanol–water partition coefficient (Wildman–Crippen LogP) is 3.26. The van der Waals surface area contributed by atoms with Crippen LogP contribution in [0.25, 0.3) is 0 Å². The van der Waals surface area contributed by atoms with Gasteiger partial charge in [-0.05, 0) is 76.1 Å². The first-order chi connectivity index (χ1) is 14.1. The average Bonchev–Trinajstić information content (AvgIpc) is 3.24. The van der Waals surface area contributed by atoms with Crippen molar-refractivity contribution in [2.45, 2.75) is 46.6 Å². The molecule has 2 saturated carbocycles. The Morgan fingerprint density at radius 1 is 1.13 bits per heavy atom. The van der Waals surface area contributed by atoms with Crippen LogP contribution in [0.3, 0.4) is 0 Å². The highest BCUT2D eigenvalue weighted by Crippen LogP contribution is 2.57. The Hall–Kier alpha value is -2.54. The second kappa shape index (κ2) is 8.68. The summed E-state index contributed by atoms with van der Waals surface area (Å²) in [6, 6.07) is 5.07. The molecule has 8 heteroatoms. The molecule has 0 radical (unpaired) electrons. The quantitative estimate of drug-likeness (QED) is 0.487. The standard InChI is InChI=1S/C22H27ClN2O5/c1-10(2)17-14-6-7-15(17)19(22(28)29)18(14)21(27)25-24-20(26)12(4)30-16-8-5-13(23)9-11(16)3/h5,8-9,12,14-15,18-19H,6-7H2,1-4H3,(H,24,26)(H,25,27)(H,28,29)/t12-,14-,15-,18+,19+/m1/s1. The Labute approximate surface area is 180 Å². The van der Waals surface area contributed by atoms with E-state index in [9.17, 15) is 19.5 Å². The summed E-state index contributed by atoms with van der Waals surface area (Å²) in [4.78, 5) is 37.1. The molecule has 0 spiro atoms. The molecule has 0 aliphatic heterocycles. The van der Waals surface area contributed by atoms with Crippen molar-refractivity contribution in [1.82, 2.24) is 10.9 Å². The lowest BCUT2D eigenvalue weighted by atomic mass is 9.79. The molecule has 1 aromatic carbocycles. The minimum absolute atomic E-state index is 0.0941. The predicted molar refractivity (Wildman–Crippen MR) is 112 cm³/mol. The number of hydrogen-bond acceptors (Lipinski definition) is 4. The van der Waals surface area contributed by atoms with Gasteiger partial charge < -0.3 is 9.84 Å². The van der Waals surface area contributed by atoms with Gasteiger partial charge in [0, 0.05) is 5.02 Å². The fourth-order valence-corrected chi connectivity index (χ4v) is 5.13. The first kappa shape index (κ1) is 22.2. The Bertz CT molecular complexity index is 909. The highest BCUT2D eigenvalue weighted by molar-refractivity contribution is 6.30. The topological polar surface area (TPSA) is 105 Å². The van der Waals surface area contributed by atoms with Gasteiger partial charge in [0.25, 0.3) is 5.91 Å². The van der Waals surface area contributed by atoms with Crippen LogP contribution < -0.4 is 15.6 Å². The van der Waals surface area contributed by atoms with Gasteiger partial charge in [0.1, 0.15) is 5.75 Å². The normalized spacial score (nSPS) is 25.6. The van der Waals surface area contributed by atoms with Crippen molar-refractivity contribution in [3.05, 3.63) is 39.9 Å². The number of benzene rings is 1. The van der Waals surface area contributed by atoms with Crippen LogP contribution in [0.5, 0.6) is 5.75 Å². The summed E-state index contributed by atoms with van der Waals surface area (Å²) >= 11 is 5.93. The van der Waals surface area contributed by atoms with Crippen LogP contribution in [0.2, 0.25) is 5.02 Å². The maximum absolute atomic E-state index is 12.8. The number of nitrogens with one attached hydrogen (secondary N) is 2. The molecule has 1 aromatic rings. The van der Waals surface area contributed by atoms with E-state index in [0.717, 1.165) is 29.6 Å². The van der Waals surface area contributed by atoms with Gasteiger partial charge >= 0.3 is 5.97 Å². The molecule has 162 valence electrons. The van der Waals surface area contributed by atoms with E-state index in [2.05, 4.69) is 10.9 Å². The van der Waals surface area contributed by atoms with E-state index in [4.69, 9.17) is 16.3 Å². The first-order valence-corrected chi connectivity index (χ1v) is 10.4. The van der Waals surface area contributed by atoms with Crippen LogP contribution >= 0.6 is 11.6 Å². The summed E-state index contributed by atoms with van der Waals surface area (Å²) in [7, 11) is 0. The minimum Gasteiger partial charge on any atom is -0.481 e. The van der Waals surface area contributed by atoms with Gasteiger partial charge in [-0.3, -0.25) is 25.2 Å². The summed E-state index contributed by atoms with van der Waals surface area (Å²) in [6.07, 6.45) is 0.703. The summed E-state index contributed by atoms with van der Waals surface area (Å²) in [5.41, 5.74) is 7.74. The molecule has 5 atom stereocenters. The number of halogens is 1. The number of carbonyl (C=O) groups excluding carboxylic acids is 2. The van der Waals surface area contributed by atoms with Crippen molar-refractivity contribution in [2.24, 2.45) is 23.7 Å². The number of carboxylic acid groups (broad SMARTS) is 1. The van der Waals surface area contributed by atoms with Crippen molar-refractivity contribution in [1.29, 1.82) is 0 Å². The molecule has 3 N–H and O–H groups in total. The lowest BCUT2D eigenvalue weighted by Crippen LogP contribution is -2.51. The van der Waals surface area contributed by atoms with Gasteiger partial charge in [0.2, 0.25) is 5.91 Å². The third-order valence-corrected chi connectivity index (χ3v) is 6.36. The van der Waals surface area contributed by atoms with E-state index >= 15 is 0 Å². The van der Waals surface area contributed by atoms with Gasteiger partial charge in [0.15, 0.2) is 6.10 Å². The van der Waals surface area contributed by atoms with Crippen LogP contribution in [-0.2, 0) is 14.4 Å². The zero-order valence-corrected chi connectivity index (χ0v) is 18.2. The van der Waals surface area contributed by atoms with Crippen molar-refractivity contribution in [2.75, 3.05) is 0 Å². The van der Waals surface area contributed by atoms with Crippen LogP contribution in [0, 0.1) is 30.6 Å². The number of carboxylic acids is 1. The molecule has 2 amide bonds. The molecule has 2 bridgehead atoms. The lowest BCUT2D eigenvalue weighted by Gasteiger charge is -2.26. The Morgan fingerprint density at radius 2 is 1.77 bits per heavy atom. The fourth-order valence-electron chi connectivity index (χ4n) is 4.90. The number of amides is 2.